The highest BCUT2D eigenvalue weighted by Gasteiger charge is 2.44. The van der Waals surface area contributed by atoms with Crippen molar-refractivity contribution in [2.75, 3.05) is 17.6 Å². The first-order valence-electron chi connectivity index (χ1n) is 12.4. The number of hydrogen-bond donors (Lipinski definition) is 6. The first kappa shape index (κ1) is 26.7. The van der Waals surface area contributed by atoms with Crippen LogP contribution < -0.4 is 22.1 Å². The van der Waals surface area contributed by atoms with Crippen LogP contribution in [0.25, 0.3) is 11.2 Å². The van der Waals surface area contributed by atoms with E-state index in [0.717, 1.165) is 5.69 Å². The zero-order chi connectivity index (χ0) is 26.7. The molecular formula is C25H36N8O4. The minimum Gasteiger partial charge on any atom is -0.388 e. The van der Waals surface area contributed by atoms with Crippen molar-refractivity contribution in [2.24, 2.45) is 5.73 Å². The van der Waals surface area contributed by atoms with E-state index >= 15 is 0 Å². The molecule has 12 nitrogen and oxygen atoms in total. The van der Waals surface area contributed by atoms with Gasteiger partial charge in [0.15, 0.2) is 17.7 Å². The Labute approximate surface area is 215 Å². The van der Waals surface area contributed by atoms with Crippen LogP contribution >= 0.6 is 0 Å². The van der Waals surface area contributed by atoms with Gasteiger partial charge in [-0.25, -0.2) is 19.7 Å². The van der Waals surface area contributed by atoms with E-state index < -0.39 is 24.5 Å². The lowest BCUT2D eigenvalue weighted by molar-refractivity contribution is -0.0387. The quantitative estimate of drug-likeness (QED) is 0.244. The first-order chi connectivity index (χ1) is 17.5. The topological polar surface area (TPSA) is 186 Å². The van der Waals surface area contributed by atoms with Crippen molar-refractivity contribution in [2.45, 2.75) is 76.0 Å². The lowest BCUT2D eigenvalue weighted by atomic mass is 9.87. The molecule has 2 aromatic heterocycles. The molecule has 3 heterocycles. The number of nitrogens with two attached hydrogens (primary N) is 2. The molecule has 1 aliphatic rings. The number of anilines is 2. The summed E-state index contributed by atoms with van der Waals surface area (Å²) in [6, 6.07) is 7.22. The van der Waals surface area contributed by atoms with Gasteiger partial charge in [-0.05, 0) is 42.4 Å². The largest absolute Gasteiger partial charge is 0.388 e. The van der Waals surface area contributed by atoms with Crippen molar-refractivity contribution in [3.63, 3.8) is 0 Å². The maximum atomic E-state index is 12.2. The summed E-state index contributed by atoms with van der Waals surface area (Å²) >= 11 is 0. The highest BCUT2D eigenvalue weighted by molar-refractivity contribution is 5.89. The van der Waals surface area contributed by atoms with Gasteiger partial charge in [-0.1, -0.05) is 32.9 Å². The van der Waals surface area contributed by atoms with E-state index in [9.17, 15) is 15.0 Å². The zero-order valence-electron chi connectivity index (χ0n) is 21.3. The van der Waals surface area contributed by atoms with Crippen LogP contribution in [0, 0.1) is 0 Å². The molecule has 1 fully saturated rings. The Hall–Kier alpha value is -3.32. The Morgan fingerprint density at radius 3 is 2.59 bits per heavy atom. The fourth-order valence-corrected chi connectivity index (χ4v) is 4.42. The number of urea groups is 1. The van der Waals surface area contributed by atoms with E-state index in [1.54, 1.807) is 0 Å². The molecule has 0 radical (unpaired) electrons. The van der Waals surface area contributed by atoms with E-state index in [-0.39, 0.29) is 23.3 Å². The maximum Gasteiger partial charge on any atom is 0.319 e. The molecule has 0 bridgehead atoms. The predicted octanol–water partition coefficient (Wildman–Crippen LogP) is 1.64. The fourth-order valence-electron chi connectivity index (χ4n) is 4.42. The molecule has 3 aromatic rings. The highest BCUT2D eigenvalue weighted by atomic mass is 16.6. The van der Waals surface area contributed by atoms with E-state index in [0.29, 0.717) is 37.0 Å². The summed E-state index contributed by atoms with van der Waals surface area (Å²) in [4.78, 5) is 24.5. The summed E-state index contributed by atoms with van der Waals surface area (Å²) in [6.07, 6.45) is 0.486. The Morgan fingerprint density at radius 1 is 1.16 bits per heavy atom. The van der Waals surface area contributed by atoms with Crippen LogP contribution in [0.5, 0.6) is 0 Å². The van der Waals surface area contributed by atoms with Gasteiger partial charge in [0.25, 0.3) is 0 Å². The number of amides is 2. The first-order valence-corrected chi connectivity index (χ1v) is 12.4. The summed E-state index contributed by atoms with van der Waals surface area (Å²) in [5.41, 5.74) is 14.9. The molecule has 8 N–H and O–H groups in total. The van der Waals surface area contributed by atoms with Gasteiger partial charge in [0.1, 0.15) is 24.1 Å². The summed E-state index contributed by atoms with van der Waals surface area (Å²) in [5.74, 6) is 0.219. The molecule has 0 aliphatic carbocycles. The van der Waals surface area contributed by atoms with Gasteiger partial charge in [0, 0.05) is 18.3 Å². The molecule has 37 heavy (non-hydrogen) atoms. The molecule has 1 aromatic carbocycles. The second-order valence-electron chi connectivity index (χ2n) is 10.5. The number of carbonyl (C=O) groups excluding carboxylic acids is 1. The number of benzene rings is 1. The Balaban J connectivity index is 1.21. The average molecular weight is 513 g/mol. The van der Waals surface area contributed by atoms with Crippen LogP contribution in [-0.2, 0) is 10.2 Å². The summed E-state index contributed by atoms with van der Waals surface area (Å²) < 4.78 is 7.48. The molecule has 0 saturated carbocycles. The molecule has 1 saturated heterocycles. The average Bonchev–Trinajstić information content (AvgIpc) is 3.39. The van der Waals surface area contributed by atoms with Crippen molar-refractivity contribution in [3.05, 3.63) is 42.5 Å². The number of aromatic nitrogens is 4. The molecule has 2 amide bonds. The molecule has 0 spiro atoms. The maximum absolute atomic E-state index is 12.2. The standard InChI is InChI=1S/C25H36N8O4/c1-25(2,3)14-6-8-16(9-7-14)32-24(36)28-10-4-5-15(26)11-17-19(34)20(35)23(37-17)33-13-31-18-21(27)29-12-30-22(18)33/h6-9,12-13,15,17,19-20,23,34-35H,4-5,10-11,26H2,1-3H3,(H2,27,29,30)(H2,28,32,36)/t15-,17+,19+,20+,23+/m0/s1. The van der Waals surface area contributed by atoms with Crippen molar-refractivity contribution >= 4 is 28.7 Å². The molecule has 200 valence electrons. The number of nitrogens with one attached hydrogen (secondary N) is 2. The normalized spacial score (nSPS) is 22.8. The second-order valence-corrected chi connectivity index (χ2v) is 10.5. The summed E-state index contributed by atoms with van der Waals surface area (Å²) in [6.45, 7) is 6.86. The summed E-state index contributed by atoms with van der Waals surface area (Å²) in [5, 5.41) is 26.8. The van der Waals surface area contributed by atoms with Gasteiger partial charge in [0.2, 0.25) is 0 Å². The number of nitrogen functional groups attached to an aromatic ring is 1. The molecule has 5 atom stereocenters. The predicted molar refractivity (Wildman–Crippen MR) is 140 cm³/mol. The lowest BCUT2D eigenvalue weighted by Gasteiger charge is -2.20. The molecule has 0 unspecified atom stereocenters. The van der Waals surface area contributed by atoms with E-state index in [1.807, 2.05) is 24.3 Å². The van der Waals surface area contributed by atoms with Gasteiger partial charge < -0.3 is 37.1 Å². The highest BCUT2D eigenvalue weighted by Crippen LogP contribution is 2.33. The number of aliphatic hydroxyl groups is 2. The number of fused-ring (bicyclic) bond motifs is 1. The Bertz CT molecular complexity index is 1210. The lowest BCUT2D eigenvalue weighted by Crippen LogP contribution is -2.36. The number of rotatable bonds is 8. The minimum atomic E-state index is -1.19. The number of imidazole rings is 1. The molecular weight excluding hydrogens is 476 g/mol. The van der Waals surface area contributed by atoms with Crippen LogP contribution in [0.1, 0.15) is 51.8 Å². The summed E-state index contributed by atoms with van der Waals surface area (Å²) in [7, 11) is 0. The Morgan fingerprint density at radius 2 is 1.89 bits per heavy atom. The Kier molecular flexibility index (Phi) is 7.93. The van der Waals surface area contributed by atoms with Crippen LogP contribution in [0.15, 0.2) is 36.9 Å². The number of ether oxygens (including phenoxy) is 1. The van der Waals surface area contributed by atoms with E-state index in [1.165, 1.54) is 22.8 Å². The third kappa shape index (κ3) is 6.16. The minimum absolute atomic E-state index is 0.0511. The third-order valence-corrected chi connectivity index (χ3v) is 6.58. The monoisotopic (exact) mass is 512 g/mol. The van der Waals surface area contributed by atoms with Crippen molar-refractivity contribution in [1.29, 1.82) is 0 Å². The second kappa shape index (κ2) is 11.0. The van der Waals surface area contributed by atoms with E-state index in [2.05, 4.69) is 46.4 Å². The van der Waals surface area contributed by atoms with Gasteiger partial charge in [0.05, 0.1) is 12.4 Å². The van der Waals surface area contributed by atoms with Crippen molar-refractivity contribution in [3.8, 4) is 0 Å². The van der Waals surface area contributed by atoms with Gasteiger partial charge in [-0.15, -0.1) is 0 Å². The van der Waals surface area contributed by atoms with Gasteiger partial charge in [-0.3, -0.25) is 4.57 Å². The molecule has 1 aliphatic heterocycles. The number of nitrogens with zero attached hydrogens (tertiary/aromatic N) is 4. The van der Waals surface area contributed by atoms with Crippen molar-refractivity contribution < 1.29 is 19.7 Å². The van der Waals surface area contributed by atoms with Crippen LogP contribution in [0.4, 0.5) is 16.3 Å². The van der Waals surface area contributed by atoms with Crippen molar-refractivity contribution in [1.82, 2.24) is 24.8 Å². The SMILES string of the molecule is CC(C)(C)c1ccc(NC(=O)NCCC[C@H](N)C[C@H]2O[C@@H](n3cnc4c(N)ncnc43)[C@H](O)[C@@H]2O)cc1. The smallest absolute Gasteiger partial charge is 0.319 e. The molecule has 12 heteroatoms. The van der Waals surface area contributed by atoms with Gasteiger partial charge >= 0.3 is 6.03 Å². The number of hydrogen-bond acceptors (Lipinski definition) is 9. The number of aliphatic hydroxyl groups excluding tert-OH is 2. The van der Waals surface area contributed by atoms with Gasteiger partial charge in [-0.2, -0.15) is 0 Å². The molecule has 4 rings (SSSR count). The van der Waals surface area contributed by atoms with Crippen LogP contribution in [0.3, 0.4) is 0 Å². The van der Waals surface area contributed by atoms with Crippen LogP contribution in [0.2, 0.25) is 0 Å². The van der Waals surface area contributed by atoms with E-state index in [4.69, 9.17) is 16.2 Å². The fraction of sp³-hybridized carbons (Fsp3) is 0.520. The third-order valence-electron chi connectivity index (χ3n) is 6.58. The number of carbonyl (C=O) groups is 1. The zero-order valence-corrected chi connectivity index (χ0v) is 21.3. The van der Waals surface area contributed by atoms with Crippen LogP contribution in [-0.4, -0.2) is 66.7 Å².